The van der Waals surface area contributed by atoms with Gasteiger partial charge in [-0.15, -0.1) is 0 Å². The molecule has 37 heavy (non-hydrogen) atoms. The van der Waals surface area contributed by atoms with Gasteiger partial charge in [0, 0.05) is 40.3 Å². The summed E-state index contributed by atoms with van der Waals surface area (Å²) >= 11 is 0. The van der Waals surface area contributed by atoms with Crippen LogP contribution in [0.3, 0.4) is 0 Å². The van der Waals surface area contributed by atoms with Gasteiger partial charge in [-0.25, -0.2) is 18.2 Å². The molecule has 2 aromatic rings. The molecule has 1 aromatic carbocycles. The first kappa shape index (κ1) is 29.8. The largest absolute Gasteiger partial charge is 0.490 e. The number of piperazine rings is 1. The molecule has 1 aliphatic heterocycles. The van der Waals surface area contributed by atoms with Crippen molar-refractivity contribution in [1.82, 2.24) is 15.2 Å². The number of carboxylic acid groups (broad SMARTS) is 1. The van der Waals surface area contributed by atoms with Crippen LogP contribution in [0.5, 0.6) is 0 Å². The molecule has 2 heterocycles. The molecule has 0 aliphatic carbocycles. The number of hydrogen-bond donors (Lipinski definition) is 3. The minimum atomic E-state index is -5.08. The van der Waals surface area contributed by atoms with Crippen molar-refractivity contribution in [1.29, 1.82) is 0 Å². The molecular formula is C23H30F3N5O5S. The van der Waals surface area contributed by atoms with Gasteiger partial charge in [0.1, 0.15) is 5.82 Å². The van der Waals surface area contributed by atoms with E-state index < -0.39 is 22.2 Å². The van der Waals surface area contributed by atoms with E-state index in [1.807, 2.05) is 17.0 Å². The minimum absolute atomic E-state index is 0.175. The highest BCUT2D eigenvalue weighted by atomic mass is 32.2. The molecule has 0 atom stereocenters. The van der Waals surface area contributed by atoms with E-state index in [2.05, 4.69) is 21.9 Å². The minimum Gasteiger partial charge on any atom is -0.475 e. The van der Waals surface area contributed by atoms with Gasteiger partial charge in [-0.05, 0) is 30.2 Å². The van der Waals surface area contributed by atoms with E-state index in [-0.39, 0.29) is 16.5 Å². The number of aromatic nitrogens is 1. The van der Waals surface area contributed by atoms with Crippen LogP contribution in [0.25, 0.3) is 0 Å². The second-order valence-electron chi connectivity index (χ2n) is 8.33. The summed E-state index contributed by atoms with van der Waals surface area (Å²) in [5, 5.41) is 10.4. The number of hydrogen-bond acceptors (Lipinski definition) is 7. The first-order valence-corrected chi connectivity index (χ1v) is 12.8. The van der Waals surface area contributed by atoms with Crippen molar-refractivity contribution in [3.63, 3.8) is 0 Å². The van der Waals surface area contributed by atoms with Crippen LogP contribution >= 0.6 is 0 Å². The van der Waals surface area contributed by atoms with Crippen LogP contribution < -0.4 is 14.9 Å². The third kappa shape index (κ3) is 8.60. The average Bonchev–Trinajstić information content (AvgIpc) is 2.84. The van der Waals surface area contributed by atoms with Crippen LogP contribution in [0, 0.1) is 0 Å². The number of carboxylic acids is 1. The lowest BCUT2D eigenvalue weighted by molar-refractivity contribution is -0.192. The number of anilines is 2. The number of amides is 1. The Hall–Kier alpha value is -3.39. The highest BCUT2D eigenvalue weighted by Gasteiger charge is 2.38. The highest BCUT2D eigenvalue weighted by Crippen LogP contribution is 2.25. The summed E-state index contributed by atoms with van der Waals surface area (Å²) < 4.78 is 59.9. The van der Waals surface area contributed by atoms with Crippen molar-refractivity contribution in [3.05, 3.63) is 47.7 Å². The summed E-state index contributed by atoms with van der Waals surface area (Å²) in [5.41, 5.74) is 1.73. The van der Waals surface area contributed by atoms with Crippen LogP contribution in [0.2, 0.25) is 0 Å². The van der Waals surface area contributed by atoms with Gasteiger partial charge in [0.15, 0.2) is 0 Å². The Morgan fingerprint density at radius 1 is 1.16 bits per heavy atom. The molecule has 3 rings (SSSR count). The lowest BCUT2D eigenvalue weighted by atomic mass is 10.1. The van der Waals surface area contributed by atoms with Gasteiger partial charge in [-0.2, -0.15) is 13.2 Å². The molecule has 0 bridgehead atoms. The number of pyridine rings is 1. The van der Waals surface area contributed by atoms with Gasteiger partial charge in [0.25, 0.3) is 15.9 Å². The Morgan fingerprint density at radius 2 is 1.73 bits per heavy atom. The number of nitrogens with one attached hydrogen (secondary N) is 2. The number of aryl methyl sites for hydroxylation is 1. The molecule has 0 unspecified atom stereocenters. The van der Waals surface area contributed by atoms with E-state index in [4.69, 9.17) is 9.90 Å². The Balaban J connectivity index is 0.000000604. The summed E-state index contributed by atoms with van der Waals surface area (Å²) in [4.78, 5) is 29.8. The first-order chi connectivity index (χ1) is 17.3. The molecule has 1 aromatic heterocycles. The molecule has 1 fully saturated rings. The van der Waals surface area contributed by atoms with Crippen LogP contribution in [0.1, 0.15) is 29.3 Å². The summed E-state index contributed by atoms with van der Waals surface area (Å²) in [7, 11) is -0.453. The molecule has 3 N–H and O–H groups in total. The van der Waals surface area contributed by atoms with Crippen LogP contribution in [-0.4, -0.2) is 81.7 Å². The molecule has 204 valence electrons. The molecule has 0 radical (unpaired) electrons. The third-order valence-corrected chi connectivity index (χ3v) is 6.58. The monoisotopic (exact) mass is 545 g/mol. The molecule has 1 amide bonds. The maximum atomic E-state index is 12.8. The summed E-state index contributed by atoms with van der Waals surface area (Å²) in [6.45, 7) is 5.15. The molecule has 0 spiro atoms. The van der Waals surface area contributed by atoms with Gasteiger partial charge in [0.2, 0.25) is 0 Å². The lowest BCUT2D eigenvalue weighted by Crippen LogP contribution is -2.44. The van der Waals surface area contributed by atoms with Crippen LogP contribution in [0.4, 0.5) is 24.7 Å². The quantitative estimate of drug-likeness (QED) is 0.484. The average molecular weight is 546 g/mol. The van der Waals surface area contributed by atoms with E-state index in [0.717, 1.165) is 44.6 Å². The number of carbonyl (C=O) groups is 2. The molecule has 14 heteroatoms. The van der Waals surface area contributed by atoms with Crippen molar-refractivity contribution < 1.29 is 36.3 Å². The Kier molecular flexibility index (Phi) is 10.3. The SMILES string of the molecule is CCCc1ccc(S(=O)(=O)Nc2cnc(N3CCNCC3)c(C(=O)N(C)C)c2)cc1.O=C(O)C(F)(F)F. The maximum Gasteiger partial charge on any atom is 0.490 e. The number of nitrogens with zero attached hydrogens (tertiary/aromatic N) is 3. The predicted molar refractivity (Wildman–Crippen MR) is 132 cm³/mol. The maximum absolute atomic E-state index is 12.8. The van der Waals surface area contributed by atoms with Crippen LogP contribution in [0.15, 0.2) is 41.4 Å². The number of sulfonamides is 1. The fourth-order valence-corrected chi connectivity index (χ4v) is 4.41. The van der Waals surface area contributed by atoms with Crippen molar-refractivity contribution in [2.75, 3.05) is 49.9 Å². The van der Waals surface area contributed by atoms with E-state index in [1.165, 1.54) is 11.1 Å². The van der Waals surface area contributed by atoms with Gasteiger partial charge >= 0.3 is 12.1 Å². The van der Waals surface area contributed by atoms with E-state index in [0.29, 0.717) is 11.4 Å². The Labute approximate surface area is 213 Å². The molecular weight excluding hydrogens is 515 g/mol. The second kappa shape index (κ2) is 12.7. The molecule has 1 saturated heterocycles. The predicted octanol–water partition coefficient (Wildman–Crippen LogP) is 2.58. The van der Waals surface area contributed by atoms with Gasteiger partial charge in [-0.1, -0.05) is 25.5 Å². The summed E-state index contributed by atoms with van der Waals surface area (Å²) in [6, 6.07) is 8.41. The zero-order chi connectivity index (χ0) is 27.8. The first-order valence-electron chi connectivity index (χ1n) is 11.4. The topological polar surface area (TPSA) is 132 Å². The number of alkyl halides is 3. The van der Waals surface area contributed by atoms with Crippen molar-refractivity contribution >= 4 is 33.4 Å². The van der Waals surface area contributed by atoms with E-state index in [9.17, 15) is 26.4 Å². The molecule has 10 nitrogen and oxygen atoms in total. The van der Waals surface area contributed by atoms with Crippen molar-refractivity contribution in [2.45, 2.75) is 30.8 Å². The fraction of sp³-hybridized carbons (Fsp3) is 0.435. The lowest BCUT2D eigenvalue weighted by Gasteiger charge is -2.30. The fourth-order valence-electron chi connectivity index (χ4n) is 3.38. The van der Waals surface area contributed by atoms with Crippen molar-refractivity contribution in [3.8, 4) is 0 Å². The second-order valence-corrected chi connectivity index (χ2v) is 10.0. The smallest absolute Gasteiger partial charge is 0.475 e. The summed E-state index contributed by atoms with van der Waals surface area (Å²) in [5.74, 6) is -2.41. The number of aliphatic carboxylic acids is 1. The normalized spacial score (nSPS) is 13.8. The van der Waals surface area contributed by atoms with E-state index in [1.54, 1.807) is 32.3 Å². The highest BCUT2D eigenvalue weighted by molar-refractivity contribution is 7.92. The number of rotatable bonds is 7. The van der Waals surface area contributed by atoms with Gasteiger partial charge < -0.3 is 20.2 Å². The van der Waals surface area contributed by atoms with E-state index >= 15 is 0 Å². The number of carbonyl (C=O) groups excluding carboxylic acids is 1. The van der Waals surface area contributed by atoms with Gasteiger partial charge in [0.05, 0.1) is 22.3 Å². The number of benzene rings is 1. The third-order valence-electron chi connectivity index (χ3n) is 5.19. The molecule has 1 aliphatic rings. The number of halogens is 3. The summed E-state index contributed by atoms with van der Waals surface area (Å²) in [6.07, 6.45) is -1.72. The van der Waals surface area contributed by atoms with Gasteiger partial charge in [-0.3, -0.25) is 9.52 Å². The Bertz CT molecular complexity index is 1180. The zero-order valence-electron chi connectivity index (χ0n) is 20.7. The zero-order valence-corrected chi connectivity index (χ0v) is 21.5. The van der Waals surface area contributed by atoms with Crippen LogP contribution in [-0.2, 0) is 21.2 Å². The van der Waals surface area contributed by atoms with Crippen molar-refractivity contribution in [2.24, 2.45) is 0 Å². The standard InChI is InChI=1S/C21H29N5O3S.C2HF3O2/c1-4-5-16-6-8-18(9-7-16)30(28,29)24-17-14-19(21(27)25(2)3)20(23-15-17)26-12-10-22-11-13-26;3-2(4,5)1(6)7/h6-9,14-15,22,24H,4-5,10-13H2,1-3H3;(H,6,7). The Morgan fingerprint density at radius 3 is 2.22 bits per heavy atom. The molecule has 0 saturated carbocycles.